The van der Waals surface area contributed by atoms with Gasteiger partial charge in [-0.3, -0.25) is 4.98 Å². The molecule has 1 heterocycles. The summed E-state index contributed by atoms with van der Waals surface area (Å²) in [5, 5.41) is 8.92. The minimum absolute atomic E-state index is 0.0160. The van der Waals surface area contributed by atoms with Gasteiger partial charge in [0.15, 0.2) is 5.58 Å². The fraction of sp³-hybridized carbons (Fsp3) is 0.364. The van der Waals surface area contributed by atoms with Crippen molar-refractivity contribution in [3.63, 3.8) is 0 Å². The van der Waals surface area contributed by atoms with E-state index in [1.807, 2.05) is 0 Å². The summed E-state index contributed by atoms with van der Waals surface area (Å²) >= 11 is 0. The number of aliphatic hydroxyl groups is 1. The third-order valence-corrected chi connectivity index (χ3v) is 2.64. The predicted molar refractivity (Wildman–Crippen MR) is 66.5 cm³/mol. The van der Waals surface area contributed by atoms with E-state index in [-0.39, 0.29) is 24.4 Å². The molecule has 6 nitrogen and oxygen atoms in total. The summed E-state index contributed by atoms with van der Waals surface area (Å²) in [4.78, 5) is 14.7. The molecule has 0 saturated carbocycles. The van der Waals surface area contributed by atoms with Crippen LogP contribution in [-0.4, -0.2) is 36.2 Å². The summed E-state index contributed by atoms with van der Waals surface area (Å²) < 4.78 is 29.8. The van der Waals surface area contributed by atoms with Crippen molar-refractivity contribution in [3.05, 3.63) is 22.7 Å². The number of nitrogen functional groups attached to an aromatic ring is 1. The number of benzene rings is 1. The first-order valence-corrected chi connectivity index (χ1v) is 5.57. The number of oxazole rings is 1. The number of alkyl halides is 2. The maximum atomic E-state index is 12.5. The van der Waals surface area contributed by atoms with Crippen molar-refractivity contribution in [1.29, 1.82) is 0 Å². The summed E-state index contributed by atoms with van der Waals surface area (Å²) in [7, 11) is 0. The van der Waals surface area contributed by atoms with Crippen molar-refractivity contribution in [1.82, 2.24) is 4.98 Å². The number of halogens is 2. The van der Waals surface area contributed by atoms with E-state index >= 15 is 0 Å². The van der Waals surface area contributed by atoms with Crippen molar-refractivity contribution in [2.75, 3.05) is 30.3 Å². The van der Waals surface area contributed by atoms with E-state index in [9.17, 15) is 13.6 Å². The van der Waals surface area contributed by atoms with Gasteiger partial charge in [0.2, 0.25) is 0 Å². The molecule has 0 atom stereocenters. The van der Waals surface area contributed by atoms with Crippen LogP contribution in [0.15, 0.2) is 21.3 Å². The SMILES string of the molecule is Nc1cc2oc(=O)[nH]c2cc1N(CCO)CC(F)F. The van der Waals surface area contributed by atoms with Gasteiger partial charge in [-0.15, -0.1) is 0 Å². The fourth-order valence-corrected chi connectivity index (χ4v) is 1.87. The Morgan fingerprint density at radius 3 is 2.84 bits per heavy atom. The Morgan fingerprint density at radius 2 is 2.21 bits per heavy atom. The molecule has 0 bridgehead atoms. The Balaban J connectivity index is 2.45. The highest BCUT2D eigenvalue weighted by Crippen LogP contribution is 2.28. The molecule has 1 aromatic carbocycles. The molecule has 8 heteroatoms. The van der Waals surface area contributed by atoms with Crippen molar-refractivity contribution in [2.45, 2.75) is 6.43 Å². The molecule has 4 N–H and O–H groups in total. The van der Waals surface area contributed by atoms with E-state index in [1.54, 1.807) is 0 Å². The first kappa shape index (κ1) is 13.3. The zero-order valence-electron chi connectivity index (χ0n) is 9.90. The van der Waals surface area contributed by atoms with Crippen molar-refractivity contribution < 1.29 is 18.3 Å². The van der Waals surface area contributed by atoms with Crippen molar-refractivity contribution in [2.24, 2.45) is 0 Å². The van der Waals surface area contributed by atoms with E-state index in [4.69, 9.17) is 15.3 Å². The Kier molecular flexibility index (Phi) is 3.70. The Labute approximate surface area is 106 Å². The molecule has 1 aromatic heterocycles. The van der Waals surface area contributed by atoms with Gasteiger partial charge >= 0.3 is 5.76 Å². The average Bonchev–Trinajstić information content (AvgIpc) is 2.66. The standard InChI is InChI=1S/C11H13F2N3O3/c12-10(13)5-16(1-2-17)8-4-7-9(3-6(8)14)19-11(18)15-7/h3-4,10,17H,1-2,5,14H2,(H,15,18). The lowest BCUT2D eigenvalue weighted by atomic mass is 10.2. The van der Waals surface area contributed by atoms with E-state index in [2.05, 4.69) is 4.98 Å². The first-order chi connectivity index (χ1) is 9.01. The minimum Gasteiger partial charge on any atom is -0.408 e. The van der Waals surface area contributed by atoms with Gasteiger partial charge in [-0.2, -0.15) is 0 Å². The number of aliphatic hydroxyl groups excluding tert-OH is 1. The number of nitrogens with one attached hydrogen (secondary N) is 1. The maximum Gasteiger partial charge on any atom is 0.417 e. The zero-order chi connectivity index (χ0) is 14.0. The highest BCUT2D eigenvalue weighted by atomic mass is 19.3. The van der Waals surface area contributed by atoms with Gasteiger partial charge in [-0.1, -0.05) is 0 Å². The van der Waals surface area contributed by atoms with Crippen LogP contribution in [0.5, 0.6) is 0 Å². The van der Waals surface area contributed by atoms with Gasteiger partial charge in [-0.25, -0.2) is 13.6 Å². The van der Waals surface area contributed by atoms with Crippen LogP contribution >= 0.6 is 0 Å². The first-order valence-electron chi connectivity index (χ1n) is 5.57. The summed E-state index contributed by atoms with van der Waals surface area (Å²) in [6.45, 7) is -0.827. The molecule has 0 amide bonds. The fourth-order valence-electron chi connectivity index (χ4n) is 1.87. The largest absolute Gasteiger partial charge is 0.417 e. The lowest BCUT2D eigenvalue weighted by Gasteiger charge is -2.24. The van der Waals surface area contributed by atoms with Crippen LogP contribution in [0.25, 0.3) is 11.1 Å². The third-order valence-electron chi connectivity index (χ3n) is 2.64. The van der Waals surface area contributed by atoms with Crippen LogP contribution in [0, 0.1) is 0 Å². The molecule has 0 aliphatic rings. The molecular formula is C11H13F2N3O3. The molecule has 0 spiro atoms. The van der Waals surface area contributed by atoms with Gasteiger partial charge in [0.1, 0.15) is 0 Å². The van der Waals surface area contributed by atoms with E-state index in [1.165, 1.54) is 17.0 Å². The molecule has 2 rings (SSSR count). The van der Waals surface area contributed by atoms with Crippen LogP contribution in [0.2, 0.25) is 0 Å². The molecule has 0 aliphatic carbocycles. The van der Waals surface area contributed by atoms with Crippen LogP contribution < -0.4 is 16.4 Å². The Hall–Kier alpha value is -2.09. The highest BCUT2D eigenvalue weighted by Gasteiger charge is 2.16. The van der Waals surface area contributed by atoms with E-state index in [0.29, 0.717) is 11.2 Å². The summed E-state index contributed by atoms with van der Waals surface area (Å²) in [6.07, 6.45) is -2.56. The van der Waals surface area contributed by atoms with Gasteiger partial charge in [0, 0.05) is 12.6 Å². The Morgan fingerprint density at radius 1 is 1.47 bits per heavy atom. The second kappa shape index (κ2) is 5.27. The molecule has 0 aliphatic heterocycles. The number of H-pyrrole nitrogens is 1. The van der Waals surface area contributed by atoms with Crippen molar-refractivity contribution in [3.8, 4) is 0 Å². The molecular weight excluding hydrogens is 260 g/mol. The van der Waals surface area contributed by atoms with Crippen LogP contribution in [0.1, 0.15) is 0 Å². The summed E-state index contributed by atoms with van der Waals surface area (Å²) in [5.74, 6) is -0.644. The van der Waals surface area contributed by atoms with Crippen LogP contribution in [0.3, 0.4) is 0 Å². The molecule has 104 valence electrons. The smallest absolute Gasteiger partial charge is 0.408 e. The number of rotatable bonds is 5. The number of hydrogen-bond acceptors (Lipinski definition) is 5. The number of aromatic amines is 1. The number of aromatic nitrogens is 1. The van der Waals surface area contributed by atoms with Crippen LogP contribution in [0.4, 0.5) is 20.2 Å². The number of hydrogen-bond donors (Lipinski definition) is 3. The second-order valence-corrected chi connectivity index (χ2v) is 3.98. The lowest BCUT2D eigenvalue weighted by molar-refractivity contribution is 0.153. The molecule has 0 saturated heterocycles. The van der Waals surface area contributed by atoms with Gasteiger partial charge < -0.3 is 20.2 Å². The molecule has 0 fully saturated rings. The van der Waals surface area contributed by atoms with Gasteiger partial charge in [0.25, 0.3) is 6.43 Å². The zero-order valence-corrected chi connectivity index (χ0v) is 9.90. The topological polar surface area (TPSA) is 95.5 Å². The summed E-state index contributed by atoms with van der Waals surface area (Å²) in [6, 6.07) is 2.84. The number of anilines is 2. The highest BCUT2D eigenvalue weighted by molar-refractivity contribution is 5.85. The second-order valence-electron chi connectivity index (χ2n) is 3.98. The van der Waals surface area contributed by atoms with E-state index < -0.39 is 18.7 Å². The summed E-state index contributed by atoms with van der Waals surface area (Å²) in [5.41, 5.74) is 6.90. The maximum absolute atomic E-state index is 12.5. The van der Waals surface area contributed by atoms with E-state index in [0.717, 1.165) is 0 Å². The third kappa shape index (κ3) is 2.84. The van der Waals surface area contributed by atoms with Crippen LogP contribution in [-0.2, 0) is 0 Å². The quantitative estimate of drug-likeness (QED) is 0.699. The number of nitrogens with two attached hydrogens (primary N) is 1. The number of nitrogens with zero attached hydrogens (tertiary/aromatic N) is 1. The molecule has 19 heavy (non-hydrogen) atoms. The monoisotopic (exact) mass is 273 g/mol. The number of fused-ring (bicyclic) bond motifs is 1. The van der Waals surface area contributed by atoms with Gasteiger partial charge in [-0.05, 0) is 6.07 Å². The van der Waals surface area contributed by atoms with Gasteiger partial charge in [0.05, 0.1) is 30.0 Å². The lowest BCUT2D eigenvalue weighted by Crippen LogP contribution is -2.32. The van der Waals surface area contributed by atoms with Crippen molar-refractivity contribution >= 4 is 22.5 Å². The molecule has 2 aromatic rings. The predicted octanol–water partition coefficient (Wildman–Crippen LogP) is 0.767. The molecule has 0 radical (unpaired) electrons. The molecule has 0 unspecified atom stereocenters. The minimum atomic E-state index is -2.56. The average molecular weight is 273 g/mol. The normalized spacial score (nSPS) is 11.4. The Bertz CT molecular complexity index is 623.